The Morgan fingerprint density at radius 1 is 0.111 bits per heavy atom. The Bertz CT molecular complexity index is 4880. The summed E-state index contributed by atoms with van der Waals surface area (Å²) in [6.07, 6.45) is 0. The van der Waals surface area contributed by atoms with Gasteiger partial charge < -0.3 is 0 Å². The number of aryl methyl sites for hydroxylation is 6. The number of hydrogen-bond acceptors (Lipinski definition) is 0. The Kier molecular flexibility index (Phi) is 13.3. The molecule has 0 atom stereocenters. The van der Waals surface area contributed by atoms with Gasteiger partial charge in [0.05, 0.1) is 0 Å². The van der Waals surface area contributed by atoms with E-state index in [0.717, 1.165) is 0 Å². The topological polar surface area (TPSA) is 0 Å². The minimum atomic E-state index is 1.21. The molecule has 28 aromatic carbocycles. The molecular formula is C90H66. The summed E-state index contributed by atoms with van der Waals surface area (Å²) in [5.74, 6) is 0. The molecule has 0 heteroatoms. The van der Waals surface area contributed by atoms with E-state index in [1.54, 1.807) is 0 Å². The molecule has 90 heavy (non-hydrogen) atoms. The first-order chi connectivity index (χ1) is 44.2. The summed E-state index contributed by atoms with van der Waals surface area (Å²) in [6, 6.07) is 110. The van der Waals surface area contributed by atoms with Gasteiger partial charge in [0.25, 0.3) is 0 Å². The lowest BCUT2D eigenvalue weighted by atomic mass is 9.91. The van der Waals surface area contributed by atoms with Crippen molar-refractivity contribution >= 4 is 162 Å². The monoisotopic (exact) mass is 1150 g/mol. The summed E-state index contributed by atoms with van der Waals surface area (Å²) in [7, 11) is 0. The maximum absolute atomic E-state index is 2.33. The zero-order valence-electron chi connectivity index (χ0n) is 51.7. The van der Waals surface area contributed by atoms with Gasteiger partial charge in [0.15, 0.2) is 0 Å². The van der Waals surface area contributed by atoms with E-state index in [4.69, 9.17) is 0 Å². The molecule has 0 fully saturated rings. The van der Waals surface area contributed by atoms with Gasteiger partial charge in [0, 0.05) is 0 Å². The van der Waals surface area contributed by atoms with Gasteiger partial charge in [-0.3, -0.25) is 0 Å². The van der Waals surface area contributed by atoms with Crippen LogP contribution in [0.15, 0.2) is 291 Å². The summed E-state index contributed by atoms with van der Waals surface area (Å²) in [6.45, 7) is 13.6. The van der Waals surface area contributed by atoms with Crippen molar-refractivity contribution in [1.82, 2.24) is 0 Å². The minimum absolute atomic E-state index is 1.21. The van der Waals surface area contributed by atoms with E-state index in [1.807, 2.05) is 0 Å². The quantitative estimate of drug-likeness (QED) is 0.133. The molecule has 0 N–H and O–H groups in total. The molecule has 0 aromatic heterocycles. The molecular weight excluding hydrogens is 1080 g/mol. The molecule has 0 spiro atoms. The van der Waals surface area contributed by atoms with E-state index in [0.29, 0.717) is 0 Å². The molecule has 0 heterocycles. The van der Waals surface area contributed by atoms with Crippen molar-refractivity contribution < 1.29 is 0 Å². The SMILES string of the molecule is Cc1c(C)c2ccc(cc2)c2c3ccccc3c(c3ccc(cc3)c(C)c(C)c3ccc(cc3)c3c4ccccc4c(c4ccc(cc4)c(C)c(C)c4ccc(cc4)c4c5ccccc5c(c5ccc1cc5)c1ccccc14)c1ccccc13)c1ccccc12. The van der Waals surface area contributed by atoms with Crippen LogP contribution in [0.3, 0.4) is 0 Å². The minimum Gasteiger partial charge on any atom is -0.0616 e. The van der Waals surface area contributed by atoms with Gasteiger partial charge >= 0.3 is 0 Å². The van der Waals surface area contributed by atoms with Crippen LogP contribution in [0.4, 0.5) is 0 Å². The molecule has 0 saturated heterocycles. The highest BCUT2D eigenvalue weighted by atomic mass is 14.2. The van der Waals surface area contributed by atoms with Crippen molar-refractivity contribution in [3.8, 4) is 0 Å². The summed E-state index contributed by atoms with van der Waals surface area (Å²) in [5.41, 5.74) is 7.59. The van der Waals surface area contributed by atoms with E-state index in [9.17, 15) is 0 Å². The van der Waals surface area contributed by atoms with Gasteiger partial charge in [0.1, 0.15) is 0 Å². The molecule has 0 amide bonds. The second-order valence-electron chi connectivity index (χ2n) is 24.7. The fourth-order valence-electron chi connectivity index (χ4n) is 14.9. The molecule has 0 saturated carbocycles. The molecule has 0 nitrogen and oxygen atoms in total. The molecule has 0 aliphatic rings. The van der Waals surface area contributed by atoms with Crippen molar-refractivity contribution in [3.63, 3.8) is 0 Å². The van der Waals surface area contributed by atoms with Gasteiger partial charge in [-0.1, -0.05) is 291 Å². The van der Waals surface area contributed by atoms with Crippen molar-refractivity contribution in [1.29, 1.82) is 0 Å². The van der Waals surface area contributed by atoms with Gasteiger partial charge in [-0.15, -0.1) is 0 Å². The standard InChI is InChI=1S/C90H66/c1-55-56(2)62-33-45-68(46-34-62)86-77-23-11-13-25-79(77)88(80-26-14-12-24-78(80)86)70-49-37-64(38-50-70)59(5)60(6)66-41-53-72(54-42-66)90-83-29-17-15-27-81(83)89(82-28-16-18-30-84(82)90)71-51-39-65(40-52-71)58(4)57(3)63-35-47-69(48-36-63)87-75-21-9-7-19-73(75)85(67-43-31-61(55)32-44-67)74-20-8-10-22-76(74)87/h7-54H,1-6H3. The first kappa shape index (κ1) is 54.5. The molecule has 0 aliphatic carbocycles. The van der Waals surface area contributed by atoms with Gasteiger partial charge in [-0.05, 0) is 237 Å². The highest BCUT2D eigenvalue weighted by Crippen LogP contribution is 2.43. The van der Waals surface area contributed by atoms with Crippen LogP contribution in [0.1, 0.15) is 33.4 Å². The first-order valence-electron chi connectivity index (χ1n) is 31.6. The second kappa shape index (κ2) is 22.0. The van der Waals surface area contributed by atoms with Crippen molar-refractivity contribution in [3.05, 3.63) is 325 Å². The van der Waals surface area contributed by atoms with Crippen molar-refractivity contribution in [2.75, 3.05) is 0 Å². The third-order valence-electron chi connectivity index (χ3n) is 20.1. The average molecular weight is 1150 g/mol. The molecule has 28 rings (SSSR count). The normalized spacial score (nSPS) is 11.7. The lowest BCUT2D eigenvalue weighted by Gasteiger charge is -2.12. The zero-order valence-corrected chi connectivity index (χ0v) is 51.7. The van der Waals surface area contributed by atoms with Crippen LogP contribution in [0, 0.1) is 41.5 Å². The Morgan fingerprint density at radius 3 is 0.300 bits per heavy atom. The molecule has 426 valence electrons. The predicted octanol–water partition coefficient (Wildman–Crippen LogP) is 25.9. The van der Waals surface area contributed by atoms with Crippen LogP contribution in [-0.2, 0) is 0 Å². The summed E-state index contributed by atoms with van der Waals surface area (Å²) in [5, 5.41) is 37.2. The Morgan fingerprint density at radius 2 is 0.200 bits per heavy atom. The van der Waals surface area contributed by atoms with E-state index in [1.165, 1.54) is 195 Å². The first-order valence-corrected chi connectivity index (χ1v) is 31.6. The molecule has 28 aromatic rings. The van der Waals surface area contributed by atoms with Crippen LogP contribution in [-0.4, -0.2) is 0 Å². The lowest BCUT2D eigenvalue weighted by molar-refractivity contribution is 1.41. The maximum Gasteiger partial charge on any atom is -0.00264 e. The van der Waals surface area contributed by atoms with E-state index < -0.39 is 0 Å². The number of rotatable bonds is 0. The molecule has 0 radical (unpaired) electrons. The van der Waals surface area contributed by atoms with Crippen LogP contribution < -0.4 is 0 Å². The van der Waals surface area contributed by atoms with Gasteiger partial charge in [-0.25, -0.2) is 0 Å². The highest BCUT2D eigenvalue weighted by molar-refractivity contribution is 6.34. The van der Waals surface area contributed by atoms with Crippen LogP contribution in [0.5, 0.6) is 0 Å². The van der Waals surface area contributed by atoms with Crippen molar-refractivity contribution in [2.24, 2.45) is 0 Å². The largest absolute Gasteiger partial charge is 0.0616 e. The van der Waals surface area contributed by atoms with Gasteiger partial charge in [-0.2, -0.15) is 0 Å². The van der Waals surface area contributed by atoms with Gasteiger partial charge in [0.2, 0.25) is 0 Å². The summed E-state index contributed by atoms with van der Waals surface area (Å²) < 4.78 is 0. The van der Waals surface area contributed by atoms with Crippen LogP contribution in [0.25, 0.3) is 162 Å². The van der Waals surface area contributed by atoms with E-state index in [-0.39, 0.29) is 0 Å². The number of hydrogen-bond donors (Lipinski definition) is 0. The zero-order chi connectivity index (χ0) is 60.7. The van der Waals surface area contributed by atoms with Crippen LogP contribution in [0.2, 0.25) is 0 Å². The Balaban J connectivity index is 0.954. The third-order valence-corrected chi connectivity index (χ3v) is 20.1. The Labute approximate surface area is 524 Å². The van der Waals surface area contributed by atoms with Crippen molar-refractivity contribution in [2.45, 2.75) is 41.5 Å². The lowest BCUT2D eigenvalue weighted by Crippen LogP contribution is -1.85. The fraction of sp³-hybridized carbons (Fsp3) is 0.0667. The third kappa shape index (κ3) is 8.97. The second-order valence-corrected chi connectivity index (χ2v) is 24.7. The fourth-order valence-corrected chi connectivity index (χ4v) is 14.9. The number of benzene rings is 15. The molecule has 18 bridgehead atoms. The smallest absolute Gasteiger partial charge is 0.00264 e. The summed E-state index contributed by atoms with van der Waals surface area (Å²) >= 11 is 0. The predicted molar refractivity (Wildman–Crippen MR) is 397 cm³/mol. The average Bonchev–Trinajstić information content (AvgIpc) is 0.804. The van der Waals surface area contributed by atoms with E-state index in [2.05, 4.69) is 333 Å². The maximum atomic E-state index is 2.33. The summed E-state index contributed by atoms with van der Waals surface area (Å²) in [4.78, 5) is 0. The van der Waals surface area contributed by atoms with Crippen LogP contribution >= 0.6 is 0 Å². The molecule has 0 unspecified atom stereocenters. The van der Waals surface area contributed by atoms with E-state index >= 15 is 0 Å². The molecule has 0 aliphatic heterocycles. The highest BCUT2D eigenvalue weighted by Gasteiger charge is 2.15. The Hall–Kier alpha value is -10.9.